The lowest BCUT2D eigenvalue weighted by atomic mass is 9.97. The van der Waals surface area contributed by atoms with Gasteiger partial charge < -0.3 is 4.90 Å². The summed E-state index contributed by atoms with van der Waals surface area (Å²) in [7, 11) is 0. The highest BCUT2D eigenvalue weighted by atomic mass is 35.5. The predicted molar refractivity (Wildman–Crippen MR) is 85.4 cm³/mol. The van der Waals surface area contributed by atoms with E-state index in [9.17, 15) is 4.39 Å². The van der Waals surface area contributed by atoms with Gasteiger partial charge in [-0.3, -0.25) is 0 Å². The van der Waals surface area contributed by atoms with E-state index >= 15 is 0 Å². The first-order valence-electron chi connectivity index (χ1n) is 7.72. The van der Waals surface area contributed by atoms with Crippen LogP contribution in [0.1, 0.15) is 35.6 Å². The summed E-state index contributed by atoms with van der Waals surface area (Å²) < 4.78 is 13.5. The molecule has 2 aliphatic rings. The monoisotopic (exact) mass is 317 g/mol. The van der Waals surface area contributed by atoms with Gasteiger partial charge >= 0.3 is 0 Å². The number of nitrogens with zero attached hydrogens (tertiary/aromatic N) is 3. The molecule has 3 nitrogen and oxygen atoms in total. The van der Waals surface area contributed by atoms with Crippen molar-refractivity contribution in [2.75, 3.05) is 18.0 Å². The van der Waals surface area contributed by atoms with Crippen molar-refractivity contribution in [3.05, 3.63) is 52.4 Å². The average molecular weight is 318 g/mol. The Morgan fingerprint density at radius 2 is 1.95 bits per heavy atom. The summed E-state index contributed by atoms with van der Waals surface area (Å²) in [6, 6.07) is 10.4. The largest absolute Gasteiger partial charge is 0.353 e. The maximum Gasteiger partial charge on any atom is 0.224 e. The molecule has 2 aromatic rings. The molecule has 0 bridgehead atoms. The molecule has 1 aliphatic carbocycles. The Hall–Kier alpha value is -1.68. The second-order valence-corrected chi connectivity index (χ2v) is 6.35. The molecule has 4 rings (SSSR count). The van der Waals surface area contributed by atoms with Crippen LogP contribution in [0.5, 0.6) is 0 Å². The second kappa shape index (κ2) is 5.51. The molecular weight excluding hydrogens is 301 g/mol. The molecule has 0 N–H and O–H groups in total. The first-order valence-corrected chi connectivity index (χ1v) is 8.10. The number of anilines is 1. The minimum atomic E-state index is -0.768. The van der Waals surface area contributed by atoms with E-state index in [2.05, 4.69) is 22.1 Å². The van der Waals surface area contributed by atoms with Crippen molar-refractivity contribution in [2.24, 2.45) is 0 Å². The molecule has 1 aliphatic heterocycles. The van der Waals surface area contributed by atoms with E-state index in [0.29, 0.717) is 19.5 Å². The number of benzene rings is 1. The third-order valence-corrected chi connectivity index (χ3v) is 4.80. The molecule has 22 heavy (non-hydrogen) atoms. The van der Waals surface area contributed by atoms with Crippen LogP contribution in [0.4, 0.5) is 10.2 Å². The summed E-state index contributed by atoms with van der Waals surface area (Å²) in [6.45, 7) is 1.12. The number of fused-ring (bicyclic) bond motifs is 1. The summed E-state index contributed by atoms with van der Waals surface area (Å²) in [5.74, 6) is 1.10. The Morgan fingerprint density at radius 3 is 2.68 bits per heavy atom. The summed E-state index contributed by atoms with van der Waals surface area (Å²) in [4.78, 5) is 10.9. The van der Waals surface area contributed by atoms with E-state index in [1.807, 2.05) is 23.1 Å². The number of rotatable bonds is 2. The molecule has 2 heterocycles. The zero-order valence-electron chi connectivity index (χ0n) is 12.2. The maximum absolute atomic E-state index is 13.5. The van der Waals surface area contributed by atoms with E-state index in [0.717, 1.165) is 29.9 Å². The Bertz CT molecular complexity index is 692. The highest BCUT2D eigenvalue weighted by Gasteiger charge is 2.33. The molecule has 1 aromatic heterocycles. The third kappa shape index (κ3) is 2.35. The Balaban J connectivity index is 1.76. The smallest absolute Gasteiger partial charge is 0.224 e. The minimum absolute atomic E-state index is 0.263. The number of alkyl halides is 1. The lowest BCUT2D eigenvalue weighted by Gasteiger charge is -2.20. The number of aromatic nitrogens is 2. The van der Waals surface area contributed by atoms with Crippen LogP contribution in [0, 0.1) is 0 Å². The Kier molecular flexibility index (Phi) is 3.49. The molecule has 0 amide bonds. The van der Waals surface area contributed by atoms with Crippen LogP contribution in [-0.4, -0.2) is 29.2 Å². The molecule has 0 saturated carbocycles. The highest BCUT2D eigenvalue weighted by molar-refractivity contribution is 6.28. The molecule has 1 saturated heterocycles. The molecule has 0 radical (unpaired) electrons. The quantitative estimate of drug-likeness (QED) is 0.790. The van der Waals surface area contributed by atoms with Crippen molar-refractivity contribution < 1.29 is 4.39 Å². The minimum Gasteiger partial charge on any atom is -0.353 e. The summed E-state index contributed by atoms with van der Waals surface area (Å²) in [5.41, 5.74) is 3.42. The molecule has 0 spiro atoms. The lowest BCUT2D eigenvalue weighted by Crippen LogP contribution is -2.23. The molecule has 114 valence electrons. The van der Waals surface area contributed by atoms with E-state index < -0.39 is 6.17 Å². The van der Waals surface area contributed by atoms with Crippen molar-refractivity contribution in [1.82, 2.24) is 9.97 Å². The van der Waals surface area contributed by atoms with Gasteiger partial charge in [-0.2, -0.15) is 0 Å². The summed E-state index contributed by atoms with van der Waals surface area (Å²) in [5, 5.41) is 0.263. The van der Waals surface area contributed by atoms with Crippen LogP contribution in [-0.2, 0) is 6.42 Å². The van der Waals surface area contributed by atoms with E-state index in [4.69, 9.17) is 11.6 Å². The zero-order valence-corrected chi connectivity index (χ0v) is 12.9. The summed E-state index contributed by atoms with van der Waals surface area (Å²) >= 11 is 6.15. The van der Waals surface area contributed by atoms with Crippen molar-refractivity contribution >= 4 is 17.4 Å². The van der Waals surface area contributed by atoms with Gasteiger partial charge in [0.05, 0.1) is 12.2 Å². The topological polar surface area (TPSA) is 29.0 Å². The molecule has 1 unspecified atom stereocenters. The van der Waals surface area contributed by atoms with Gasteiger partial charge in [-0.1, -0.05) is 30.3 Å². The third-order valence-electron chi connectivity index (χ3n) is 4.64. The molecule has 2 atom stereocenters. The van der Waals surface area contributed by atoms with Gasteiger partial charge in [-0.15, -0.1) is 0 Å². The fourth-order valence-corrected chi connectivity index (χ4v) is 3.77. The van der Waals surface area contributed by atoms with E-state index in [1.54, 1.807) is 0 Å². The second-order valence-electron chi connectivity index (χ2n) is 6.01. The molecular formula is C17H17ClFN3. The van der Waals surface area contributed by atoms with Gasteiger partial charge in [-0.25, -0.2) is 14.4 Å². The van der Waals surface area contributed by atoms with Crippen LogP contribution in [0.15, 0.2) is 30.3 Å². The van der Waals surface area contributed by atoms with Gasteiger partial charge in [0.1, 0.15) is 12.0 Å². The van der Waals surface area contributed by atoms with E-state index in [-0.39, 0.29) is 11.2 Å². The Morgan fingerprint density at radius 1 is 1.14 bits per heavy atom. The SMILES string of the molecule is F[C@H]1CCN(c2nc(Cl)nc3c2CCC3c2ccccc2)C1. The first-order chi connectivity index (χ1) is 10.7. The average Bonchev–Trinajstić information content (AvgIpc) is 3.13. The van der Waals surface area contributed by atoms with Gasteiger partial charge in [0, 0.05) is 18.0 Å². The molecule has 1 fully saturated rings. The fourth-order valence-electron chi connectivity index (χ4n) is 3.60. The number of halogens is 2. The van der Waals surface area contributed by atoms with Gasteiger partial charge in [-0.05, 0) is 36.4 Å². The van der Waals surface area contributed by atoms with Crippen LogP contribution in [0.3, 0.4) is 0 Å². The zero-order chi connectivity index (χ0) is 15.1. The normalized spacial score (nSPS) is 23.8. The number of hydrogen-bond donors (Lipinski definition) is 0. The molecule has 5 heteroatoms. The van der Waals surface area contributed by atoms with Crippen LogP contribution < -0.4 is 4.90 Å². The van der Waals surface area contributed by atoms with E-state index in [1.165, 1.54) is 5.56 Å². The van der Waals surface area contributed by atoms with Gasteiger partial charge in [0.25, 0.3) is 0 Å². The predicted octanol–water partition coefficient (Wildman–Crippen LogP) is 3.76. The van der Waals surface area contributed by atoms with Gasteiger partial charge in [0.15, 0.2) is 0 Å². The Labute approximate surface area is 134 Å². The van der Waals surface area contributed by atoms with Crippen molar-refractivity contribution in [3.8, 4) is 0 Å². The summed E-state index contributed by atoms with van der Waals surface area (Å²) in [6.07, 6.45) is 1.73. The number of hydrogen-bond acceptors (Lipinski definition) is 3. The fraction of sp³-hybridized carbons (Fsp3) is 0.412. The van der Waals surface area contributed by atoms with Gasteiger partial charge in [0.2, 0.25) is 5.28 Å². The van der Waals surface area contributed by atoms with Crippen molar-refractivity contribution in [2.45, 2.75) is 31.4 Å². The van der Waals surface area contributed by atoms with Crippen molar-refractivity contribution in [1.29, 1.82) is 0 Å². The molecule has 1 aromatic carbocycles. The maximum atomic E-state index is 13.5. The van der Waals surface area contributed by atoms with Crippen molar-refractivity contribution in [3.63, 3.8) is 0 Å². The lowest BCUT2D eigenvalue weighted by molar-refractivity contribution is 0.364. The highest BCUT2D eigenvalue weighted by Crippen LogP contribution is 2.41. The standard InChI is InChI=1S/C17H17ClFN3/c18-17-20-15-13(11-4-2-1-3-5-11)6-7-14(15)16(21-17)22-9-8-12(19)10-22/h1-5,12-13H,6-10H2/t12-,13?/m0/s1. The van der Waals surface area contributed by atoms with Crippen LogP contribution >= 0.6 is 11.6 Å². The van der Waals surface area contributed by atoms with Crippen LogP contribution in [0.25, 0.3) is 0 Å². The first kappa shape index (κ1) is 13.9. The van der Waals surface area contributed by atoms with Crippen LogP contribution in [0.2, 0.25) is 5.28 Å².